The van der Waals surface area contributed by atoms with Crippen molar-refractivity contribution < 1.29 is 4.79 Å². The molecule has 0 aromatic carbocycles. The maximum absolute atomic E-state index is 11.7. The minimum absolute atomic E-state index is 0.126. The molecule has 1 aliphatic rings. The number of anilines is 1. The highest BCUT2D eigenvalue weighted by Crippen LogP contribution is 2.26. The van der Waals surface area contributed by atoms with E-state index in [-0.39, 0.29) is 11.8 Å². The molecular weight excluding hydrogens is 279 g/mol. The lowest BCUT2D eigenvalue weighted by Gasteiger charge is -2.15. The summed E-state index contributed by atoms with van der Waals surface area (Å²) in [5.74, 6) is 0.919. The fourth-order valence-electron chi connectivity index (χ4n) is 1.68. The molecule has 1 saturated heterocycles. The number of hydrogen-bond acceptors (Lipinski definition) is 2. The molecule has 1 aromatic rings. The van der Waals surface area contributed by atoms with Gasteiger partial charge >= 0.3 is 0 Å². The Kier molecular flexibility index (Phi) is 3.26. The summed E-state index contributed by atoms with van der Waals surface area (Å²) in [5.41, 5.74) is 0.835. The Hall–Kier alpha value is -0.610. The summed E-state index contributed by atoms with van der Waals surface area (Å²) >= 11 is 9.09. The molecule has 0 aliphatic carbocycles. The van der Waals surface area contributed by atoms with E-state index in [0.29, 0.717) is 18.8 Å². The number of alkyl halides is 1. The summed E-state index contributed by atoms with van der Waals surface area (Å²) in [7, 11) is 0. The summed E-state index contributed by atoms with van der Waals surface area (Å²) in [6.07, 6.45) is 3.93. The molecular formula is C10H10BrClN2O. The maximum atomic E-state index is 11.7. The monoisotopic (exact) mass is 288 g/mol. The number of carbonyl (C=O) groups is 1. The molecule has 1 aliphatic heterocycles. The number of aromatic nitrogens is 1. The summed E-state index contributed by atoms with van der Waals surface area (Å²) in [5, 5.41) is 0. The van der Waals surface area contributed by atoms with Crippen LogP contribution in [0.5, 0.6) is 0 Å². The van der Waals surface area contributed by atoms with Crippen molar-refractivity contribution in [3.8, 4) is 0 Å². The van der Waals surface area contributed by atoms with E-state index in [4.69, 9.17) is 11.6 Å². The quantitative estimate of drug-likeness (QED) is 0.784. The van der Waals surface area contributed by atoms with Gasteiger partial charge in [0, 0.05) is 29.5 Å². The van der Waals surface area contributed by atoms with Gasteiger partial charge in [0.1, 0.15) is 0 Å². The van der Waals surface area contributed by atoms with Crippen molar-refractivity contribution in [3.63, 3.8) is 0 Å². The maximum Gasteiger partial charge on any atom is 0.227 e. The van der Waals surface area contributed by atoms with Gasteiger partial charge in [0.05, 0.1) is 11.9 Å². The predicted molar refractivity (Wildman–Crippen MR) is 63.1 cm³/mol. The van der Waals surface area contributed by atoms with Crippen molar-refractivity contribution in [3.05, 3.63) is 22.9 Å². The van der Waals surface area contributed by atoms with E-state index >= 15 is 0 Å². The predicted octanol–water partition coefficient (Wildman–Crippen LogP) is 2.44. The number of hydrogen-bond donors (Lipinski definition) is 0. The standard InChI is InChI=1S/C10H10BrClN2O/c11-8-2-9(5-13-4-8)14-6-7(3-12)1-10(14)15/h2,4-5,7H,1,3,6H2. The molecule has 1 fully saturated rings. The lowest BCUT2D eigenvalue weighted by molar-refractivity contribution is -0.117. The number of rotatable bonds is 2. The molecule has 5 heteroatoms. The van der Waals surface area contributed by atoms with Crippen LogP contribution < -0.4 is 4.90 Å². The van der Waals surface area contributed by atoms with E-state index in [1.165, 1.54) is 0 Å². The first-order valence-corrected chi connectivity index (χ1v) is 6.00. The van der Waals surface area contributed by atoms with E-state index in [1.807, 2.05) is 6.07 Å². The van der Waals surface area contributed by atoms with Crippen LogP contribution in [-0.4, -0.2) is 23.3 Å². The van der Waals surface area contributed by atoms with E-state index in [0.717, 1.165) is 10.2 Å². The highest BCUT2D eigenvalue weighted by Gasteiger charge is 2.30. The Balaban J connectivity index is 2.21. The number of carbonyl (C=O) groups excluding carboxylic acids is 1. The number of nitrogens with zero attached hydrogens (tertiary/aromatic N) is 2. The summed E-state index contributed by atoms with van der Waals surface area (Å²) in [6, 6.07) is 1.89. The Morgan fingerprint density at radius 2 is 2.40 bits per heavy atom. The van der Waals surface area contributed by atoms with Crippen molar-refractivity contribution in [1.29, 1.82) is 0 Å². The minimum Gasteiger partial charge on any atom is -0.311 e. The van der Waals surface area contributed by atoms with E-state index in [1.54, 1.807) is 17.3 Å². The third-order valence-electron chi connectivity index (χ3n) is 2.43. The van der Waals surface area contributed by atoms with Gasteiger partial charge in [0.15, 0.2) is 0 Å². The zero-order valence-corrected chi connectivity index (χ0v) is 10.3. The number of amides is 1. The Labute approximate surface area is 102 Å². The first-order chi connectivity index (χ1) is 7.20. The SMILES string of the molecule is O=C1CC(CCl)CN1c1cncc(Br)c1. The molecule has 3 nitrogen and oxygen atoms in total. The van der Waals surface area contributed by atoms with Crippen LogP contribution in [-0.2, 0) is 4.79 Å². The second-order valence-corrected chi connectivity index (χ2v) is 4.81. The van der Waals surface area contributed by atoms with E-state index in [2.05, 4.69) is 20.9 Å². The molecule has 2 rings (SSSR count). The van der Waals surface area contributed by atoms with Gasteiger partial charge in [-0.25, -0.2) is 0 Å². The van der Waals surface area contributed by atoms with Gasteiger partial charge in [-0.15, -0.1) is 11.6 Å². The average Bonchev–Trinajstić information content (AvgIpc) is 2.60. The molecule has 1 amide bonds. The average molecular weight is 290 g/mol. The highest BCUT2D eigenvalue weighted by molar-refractivity contribution is 9.10. The van der Waals surface area contributed by atoms with Crippen LogP contribution in [0.15, 0.2) is 22.9 Å². The summed E-state index contributed by atoms with van der Waals surface area (Å²) in [4.78, 5) is 17.5. The van der Waals surface area contributed by atoms with Crippen molar-refractivity contribution in [2.45, 2.75) is 6.42 Å². The van der Waals surface area contributed by atoms with Crippen LogP contribution in [0.3, 0.4) is 0 Å². The molecule has 0 bridgehead atoms. The van der Waals surface area contributed by atoms with Gasteiger partial charge in [-0.05, 0) is 27.9 Å². The van der Waals surface area contributed by atoms with Crippen LogP contribution in [0.2, 0.25) is 0 Å². The summed E-state index contributed by atoms with van der Waals surface area (Å²) < 4.78 is 0.877. The molecule has 0 spiro atoms. The molecule has 80 valence electrons. The smallest absolute Gasteiger partial charge is 0.227 e. The third-order valence-corrected chi connectivity index (χ3v) is 3.30. The second kappa shape index (κ2) is 4.49. The van der Waals surface area contributed by atoms with Crippen LogP contribution >= 0.6 is 27.5 Å². The van der Waals surface area contributed by atoms with Crippen LogP contribution in [0, 0.1) is 5.92 Å². The van der Waals surface area contributed by atoms with Crippen molar-refractivity contribution in [2.75, 3.05) is 17.3 Å². The highest BCUT2D eigenvalue weighted by atomic mass is 79.9. The van der Waals surface area contributed by atoms with Gasteiger partial charge in [0.2, 0.25) is 5.91 Å². The van der Waals surface area contributed by atoms with Gasteiger partial charge in [-0.2, -0.15) is 0 Å². The zero-order valence-electron chi connectivity index (χ0n) is 7.99. The number of pyridine rings is 1. The van der Waals surface area contributed by atoms with Crippen molar-refractivity contribution in [2.24, 2.45) is 5.92 Å². The molecule has 15 heavy (non-hydrogen) atoms. The van der Waals surface area contributed by atoms with Crippen LogP contribution in [0.25, 0.3) is 0 Å². The fourth-order valence-corrected chi connectivity index (χ4v) is 2.24. The Bertz CT molecular complexity index is 385. The Morgan fingerprint density at radius 3 is 3.00 bits per heavy atom. The van der Waals surface area contributed by atoms with Crippen LogP contribution in [0.1, 0.15) is 6.42 Å². The van der Waals surface area contributed by atoms with Gasteiger partial charge < -0.3 is 4.90 Å². The van der Waals surface area contributed by atoms with E-state index in [9.17, 15) is 4.79 Å². The lowest BCUT2D eigenvalue weighted by Crippen LogP contribution is -2.24. The molecule has 0 saturated carbocycles. The number of halogens is 2. The third kappa shape index (κ3) is 2.32. The first kappa shape index (κ1) is 10.9. The summed E-state index contributed by atoms with van der Waals surface area (Å²) in [6.45, 7) is 0.695. The largest absolute Gasteiger partial charge is 0.311 e. The topological polar surface area (TPSA) is 33.2 Å². The minimum atomic E-state index is 0.126. The lowest BCUT2D eigenvalue weighted by atomic mass is 10.1. The molecule has 2 heterocycles. The molecule has 0 radical (unpaired) electrons. The zero-order chi connectivity index (χ0) is 10.8. The normalized spacial score (nSPS) is 21.1. The van der Waals surface area contributed by atoms with Crippen molar-refractivity contribution >= 4 is 39.1 Å². The van der Waals surface area contributed by atoms with Crippen molar-refractivity contribution in [1.82, 2.24) is 4.98 Å². The second-order valence-electron chi connectivity index (χ2n) is 3.59. The molecule has 1 aromatic heterocycles. The first-order valence-electron chi connectivity index (χ1n) is 4.67. The van der Waals surface area contributed by atoms with Gasteiger partial charge in [-0.3, -0.25) is 9.78 Å². The van der Waals surface area contributed by atoms with E-state index < -0.39 is 0 Å². The molecule has 0 N–H and O–H groups in total. The van der Waals surface area contributed by atoms with Gasteiger partial charge in [0.25, 0.3) is 0 Å². The fraction of sp³-hybridized carbons (Fsp3) is 0.400. The van der Waals surface area contributed by atoms with Gasteiger partial charge in [-0.1, -0.05) is 0 Å². The molecule has 1 unspecified atom stereocenters. The van der Waals surface area contributed by atoms with Crippen LogP contribution in [0.4, 0.5) is 5.69 Å². The Morgan fingerprint density at radius 1 is 1.60 bits per heavy atom. The molecule has 1 atom stereocenters.